The summed E-state index contributed by atoms with van der Waals surface area (Å²) >= 11 is 0. The van der Waals surface area contributed by atoms with Gasteiger partial charge in [-0.1, -0.05) is 32.0 Å². The Hall–Kier alpha value is -2.40. The molecule has 1 aliphatic heterocycles. The average Bonchev–Trinajstić information content (AvgIpc) is 2.90. The largest absolute Gasteiger partial charge is 0.358 e. The van der Waals surface area contributed by atoms with E-state index in [2.05, 4.69) is 59.9 Å². The van der Waals surface area contributed by atoms with Gasteiger partial charge in [-0.25, -0.2) is 4.98 Å². The van der Waals surface area contributed by atoms with Crippen LogP contribution >= 0.6 is 0 Å². The molecule has 25 heavy (non-hydrogen) atoms. The molecule has 0 atom stereocenters. The summed E-state index contributed by atoms with van der Waals surface area (Å²) in [5, 5.41) is 1.28. The van der Waals surface area contributed by atoms with Crippen LogP contribution in [0.2, 0.25) is 0 Å². The molecular weight excluding hydrogens is 312 g/mol. The van der Waals surface area contributed by atoms with Gasteiger partial charge in [0.1, 0.15) is 5.82 Å². The molecule has 2 aromatic heterocycles. The van der Waals surface area contributed by atoms with Crippen molar-refractivity contribution in [2.75, 3.05) is 6.54 Å². The van der Waals surface area contributed by atoms with E-state index >= 15 is 0 Å². The summed E-state index contributed by atoms with van der Waals surface area (Å²) in [6, 6.07) is 8.43. The molecule has 0 bridgehead atoms. The van der Waals surface area contributed by atoms with E-state index in [-0.39, 0.29) is 11.5 Å². The lowest BCUT2D eigenvalue weighted by atomic mass is 10.0. The predicted molar refractivity (Wildman–Crippen MR) is 99.8 cm³/mol. The molecule has 0 amide bonds. The third-order valence-corrected chi connectivity index (χ3v) is 5.13. The van der Waals surface area contributed by atoms with Crippen LogP contribution in [0.1, 0.15) is 48.1 Å². The molecule has 0 aliphatic carbocycles. The van der Waals surface area contributed by atoms with Crippen LogP contribution in [0.4, 0.5) is 0 Å². The number of aromatic nitrogens is 3. The van der Waals surface area contributed by atoms with E-state index in [4.69, 9.17) is 4.98 Å². The van der Waals surface area contributed by atoms with Gasteiger partial charge in [-0.05, 0) is 25.0 Å². The molecular formula is C20H24N4O. The predicted octanol–water partition coefficient (Wildman–Crippen LogP) is 3.24. The summed E-state index contributed by atoms with van der Waals surface area (Å²) in [7, 11) is 0. The number of fused-ring (bicyclic) bond motifs is 2. The molecule has 0 fully saturated rings. The van der Waals surface area contributed by atoms with Crippen LogP contribution in [-0.2, 0) is 19.5 Å². The highest BCUT2D eigenvalue weighted by molar-refractivity contribution is 5.84. The fourth-order valence-corrected chi connectivity index (χ4v) is 3.68. The molecule has 0 saturated heterocycles. The standard InChI is InChI=1S/C20H24N4O/c1-12(2)19-22-18-11-24(9-8-15(18)20(25)23-19)10-16-13(3)21-17-7-5-4-6-14(16)17/h4-7,12,21H,8-11H2,1-3H3,(H,22,23,25). The summed E-state index contributed by atoms with van der Waals surface area (Å²) in [5.41, 5.74) is 5.58. The first-order chi connectivity index (χ1) is 12.0. The van der Waals surface area contributed by atoms with Crippen molar-refractivity contribution in [3.63, 3.8) is 0 Å². The first-order valence-electron chi connectivity index (χ1n) is 8.93. The Morgan fingerprint density at radius 1 is 1.24 bits per heavy atom. The van der Waals surface area contributed by atoms with Crippen molar-refractivity contribution in [2.45, 2.75) is 46.2 Å². The second-order valence-corrected chi connectivity index (χ2v) is 7.27. The molecule has 5 nitrogen and oxygen atoms in total. The Bertz CT molecular complexity index is 983. The molecule has 3 heterocycles. The van der Waals surface area contributed by atoms with Crippen LogP contribution in [0.15, 0.2) is 29.1 Å². The zero-order valence-electron chi connectivity index (χ0n) is 15.0. The maximum Gasteiger partial charge on any atom is 0.254 e. The second-order valence-electron chi connectivity index (χ2n) is 7.27. The van der Waals surface area contributed by atoms with Crippen LogP contribution in [-0.4, -0.2) is 26.4 Å². The normalized spacial score (nSPS) is 15.0. The molecule has 0 spiro atoms. The van der Waals surface area contributed by atoms with E-state index in [0.717, 1.165) is 43.1 Å². The number of hydrogen-bond acceptors (Lipinski definition) is 3. The van der Waals surface area contributed by atoms with Gasteiger partial charge in [-0.3, -0.25) is 9.69 Å². The molecule has 4 rings (SSSR count). The lowest BCUT2D eigenvalue weighted by molar-refractivity contribution is 0.240. The summed E-state index contributed by atoms with van der Waals surface area (Å²) in [6.45, 7) is 8.74. The van der Waals surface area contributed by atoms with Crippen LogP contribution in [0.5, 0.6) is 0 Å². The third kappa shape index (κ3) is 2.89. The topological polar surface area (TPSA) is 64.8 Å². The smallest absolute Gasteiger partial charge is 0.254 e. The van der Waals surface area contributed by atoms with Crippen LogP contribution in [0.3, 0.4) is 0 Å². The fourth-order valence-electron chi connectivity index (χ4n) is 3.68. The molecule has 5 heteroatoms. The van der Waals surface area contributed by atoms with Gasteiger partial charge in [-0.15, -0.1) is 0 Å². The molecule has 130 valence electrons. The number of nitrogens with one attached hydrogen (secondary N) is 2. The molecule has 0 unspecified atom stereocenters. The molecule has 3 aromatic rings. The minimum Gasteiger partial charge on any atom is -0.358 e. The number of aryl methyl sites for hydroxylation is 1. The first-order valence-corrected chi connectivity index (χ1v) is 8.93. The van der Waals surface area contributed by atoms with Crippen molar-refractivity contribution in [1.82, 2.24) is 19.9 Å². The van der Waals surface area contributed by atoms with E-state index in [0.29, 0.717) is 0 Å². The van der Waals surface area contributed by atoms with Crippen LogP contribution in [0.25, 0.3) is 10.9 Å². The maximum atomic E-state index is 12.3. The monoisotopic (exact) mass is 336 g/mol. The lowest BCUT2D eigenvalue weighted by Crippen LogP contribution is -2.35. The molecule has 1 aliphatic rings. The number of nitrogens with zero attached hydrogens (tertiary/aromatic N) is 2. The van der Waals surface area contributed by atoms with E-state index in [1.807, 2.05) is 0 Å². The Morgan fingerprint density at radius 3 is 2.84 bits per heavy atom. The highest BCUT2D eigenvalue weighted by atomic mass is 16.1. The zero-order valence-corrected chi connectivity index (χ0v) is 15.0. The number of para-hydroxylation sites is 1. The second kappa shape index (κ2) is 6.15. The van der Waals surface area contributed by atoms with Gasteiger partial charge in [0.15, 0.2) is 0 Å². The maximum absolute atomic E-state index is 12.3. The minimum atomic E-state index is 0.0385. The average molecular weight is 336 g/mol. The Kier molecular flexibility index (Phi) is 3.96. The number of hydrogen-bond donors (Lipinski definition) is 2. The van der Waals surface area contributed by atoms with Gasteiger partial charge in [0.05, 0.1) is 5.69 Å². The molecule has 0 saturated carbocycles. The highest BCUT2D eigenvalue weighted by Crippen LogP contribution is 2.25. The first kappa shape index (κ1) is 16.1. The third-order valence-electron chi connectivity index (χ3n) is 5.13. The highest BCUT2D eigenvalue weighted by Gasteiger charge is 2.23. The fraction of sp³-hybridized carbons (Fsp3) is 0.400. The van der Waals surface area contributed by atoms with E-state index in [1.165, 1.54) is 22.2 Å². The quantitative estimate of drug-likeness (QED) is 0.772. The Balaban J connectivity index is 1.64. The number of H-pyrrole nitrogens is 2. The van der Waals surface area contributed by atoms with Crippen molar-refractivity contribution in [2.24, 2.45) is 0 Å². The van der Waals surface area contributed by atoms with Crippen molar-refractivity contribution in [3.05, 3.63) is 63.0 Å². The Morgan fingerprint density at radius 2 is 2.04 bits per heavy atom. The summed E-state index contributed by atoms with van der Waals surface area (Å²) in [6.07, 6.45) is 0.761. The van der Waals surface area contributed by atoms with Crippen LogP contribution in [0, 0.1) is 6.92 Å². The van der Waals surface area contributed by atoms with E-state index in [1.54, 1.807) is 0 Å². The number of rotatable bonds is 3. The summed E-state index contributed by atoms with van der Waals surface area (Å²) in [5.74, 6) is 1.01. The number of benzene rings is 1. The van der Waals surface area contributed by atoms with Gasteiger partial charge in [0, 0.05) is 47.7 Å². The van der Waals surface area contributed by atoms with Crippen molar-refractivity contribution < 1.29 is 0 Å². The Labute approximate surface area is 147 Å². The van der Waals surface area contributed by atoms with Crippen molar-refractivity contribution in [1.29, 1.82) is 0 Å². The van der Waals surface area contributed by atoms with Gasteiger partial charge in [0.25, 0.3) is 5.56 Å². The minimum absolute atomic E-state index is 0.0385. The van der Waals surface area contributed by atoms with Gasteiger partial charge >= 0.3 is 0 Å². The molecule has 2 N–H and O–H groups in total. The van der Waals surface area contributed by atoms with Gasteiger partial charge in [0.2, 0.25) is 0 Å². The van der Waals surface area contributed by atoms with E-state index in [9.17, 15) is 4.79 Å². The summed E-state index contributed by atoms with van der Waals surface area (Å²) < 4.78 is 0. The van der Waals surface area contributed by atoms with Crippen molar-refractivity contribution in [3.8, 4) is 0 Å². The SMILES string of the molecule is Cc1[nH]c2ccccc2c1CN1CCc2c(nc(C(C)C)[nH]c2=O)C1. The van der Waals surface area contributed by atoms with Crippen molar-refractivity contribution >= 4 is 10.9 Å². The zero-order chi connectivity index (χ0) is 17.6. The molecule has 1 aromatic carbocycles. The van der Waals surface area contributed by atoms with E-state index < -0.39 is 0 Å². The van der Waals surface area contributed by atoms with Gasteiger partial charge < -0.3 is 9.97 Å². The van der Waals surface area contributed by atoms with Crippen LogP contribution < -0.4 is 5.56 Å². The summed E-state index contributed by atoms with van der Waals surface area (Å²) in [4.78, 5) is 25.9. The lowest BCUT2D eigenvalue weighted by Gasteiger charge is -2.28. The molecule has 0 radical (unpaired) electrons. The van der Waals surface area contributed by atoms with Gasteiger partial charge in [-0.2, -0.15) is 0 Å². The number of aromatic amines is 2.